The molecule has 3 aromatic heterocycles. The lowest BCUT2D eigenvalue weighted by Crippen LogP contribution is -2.07. The van der Waals surface area contributed by atoms with E-state index < -0.39 is 0 Å². The van der Waals surface area contributed by atoms with Crippen LogP contribution in [0.1, 0.15) is 0 Å². The number of thiophene rings is 1. The zero-order valence-corrected chi connectivity index (χ0v) is 11.4. The molecule has 0 aliphatic heterocycles. The van der Waals surface area contributed by atoms with E-state index in [-0.39, 0.29) is 0 Å². The Morgan fingerprint density at radius 3 is 3.22 bits per heavy atom. The van der Waals surface area contributed by atoms with Crippen molar-refractivity contribution >= 4 is 32.8 Å². The molecule has 0 aliphatic carbocycles. The van der Waals surface area contributed by atoms with E-state index in [2.05, 4.69) is 32.2 Å². The molecule has 0 atom stereocenters. The molecule has 3 rings (SSSR count). The number of aromatic nitrogens is 3. The van der Waals surface area contributed by atoms with E-state index in [9.17, 15) is 0 Å². The largest absolute Gasteiger partial charge is 0.383 e. The van der Waals surface area contributed by atoms with Crippen molar-refractivity contribution in [3.63, 3.8) is 0 Å². The normalized spacial score (nSPS) is 11.2. The van der Waals surface area contributed by atoms with E-state index in [1.165, 1.54) is 0 Å². The van der Waals surface area contributed by atoms with Crippen LogP contribution in [0.2, 0.25) is 0 Å². The van der Waals surface area contributed by atoms with E-state index in [1.54, 1.807) is 29.8 Å². The number of hydrogen-bond donors (Lipinski definition) is 1. The van der Waals surface area contributed by atoms with Gasteiger partial charge in [0.15, 0.2) is 0 Å². The fraction of sp³-hybridized carbons (Fsp3) is 0.273. The van der Waals surface area contributed by atoms with Gasteiger partial charge in [0.2, 0.25) is 10.1 Å². The van der Waals surface area contributed by atoms with Crippen LogP contribution < -0.4 is 5.32 Å². The highest BCUT2D eigenvalue weighted by Crippen LogP contribution is 2.27. The Morgan fingerprint density at radius 2 is 2.44 bits per heavy atom. The van der Waals surface area contributed by atoms with Gasteiger partial charge in [0.25, 0.3) is 0 Å². The second kappa shape index (κ2) is 5.05. The van der Waals surface area contributed by atoms with Crippen LogP contribution >= 0.6 is 22.7 Å². The summed E-state index contributed by atoms with van der Waals surface area (Å²) in [4.78, 5) is 5.28. The number of methoxy groups -OCH3 is 1. The molecule has 0 saturated heterocycles. The summed E-state index contributed by atoms with van der Waals surface area (Å²) >= 11 is 3.22. The lowest BCUT2D eigenvalue weighted by Gasteiger charge is -1.99. The van der Waals surface area contributed by atoms with Gasteiger partial charge < -0.3 is 10.1 Å². The Labute approximate surface area is 112 Å². The Balaban J connectivity index is 1.89. The summed E-state index contributed by atoms with van der Waals surface area (Å²) in [5.41, 5.74) is 2.18. The molecule has 0 aromatic carbocycles. The molecule has 0 spiro atoms. The second-order valence-electron chi connectivity index (χ2n) is 3.68. The molecule has 0 fully saturated rings. The number of hydrogen-bond acceptors (Lipinski definition) is 6. The van der Waals surface area contributed by atoms with E-state index in [0.717, 1.165) is 27.9 Å². The molecule has 0 saturated carbocycles. The molecule has 3 heterocycles. The molecule has 1 N–H and O–H groups in total. The van der Waals surface area contributed by atoms with Crippen LogP contribution in [-0.2, 0) is 4.74 Å². The van der Waals surface area contributed by atoms with Crippen molar-refractivity contribution in [1.82, 2.24) is 14.6 Å². The average molecular weight is 280 g/mol. The van der Waals surface area contributed by atoms with E-state index in [0.29, 0.717) is 6.61 Å². The number of ether oxygens (including phenoxy) is 1. The quantitative estimate of drug-likeness (QED) is 0.730. The molecule has 0 unspecified atom stereocenters. The van der Waals surface area contributed by atoms with Crippen molar-refractivity contribution in [2.75, 3.05) is 25.6 Å². The van der Waals surface area contributed by atoms with Gasteiger partial charge in [-0.1, -0.05) is 11.3 Å². The Hall–Kier alpha value is -1.44. The van der Waals surface area contributed by atoms with Crippen molar-refractivity contribution in [1.29, 1.82) is 0 Å². The topological polar surface area (TPSA) is 51.5 Å². The number of fused-ring (bicyclic) bond motifs is 1. The molecule has 18 heavy (non-hydrogen) atoms. The van der Waals surface area contributed by atoms with Crippen molar-refractivity contribution in [3.05, 3.63) is 23.0 Å². The Morgan fingerprint density at radius 1 is 1.50 bits per heavy atom. The smallest absolute Gasteiger partial charge is 0.214 e. The minimum Gasteiger partial charge on any atom is -0.383 e. The number of nitrogens with one attached hydrogen (secondary N) is 1. The molecule has 0 bridgehead atoms. The summed E-state index contributed by atoms with van der Waals surface area (Å²) in [5, 5.41) is 12.7. The fourth-order valence-corrected chi connectivity index (χ4v) is 3.08. The van der Waals surface area contributed by atoms with Gasteiger partial charge in [-0.15, -0.1) is 5.10 Å². The first-order valence-corrected chi connectivity index (χ1v) is 7.24. The molecule has 7 heteroatoms. The third-order valence-corrected chi connectivity index (χ3v) is 4.05. The minimum atomic E-state index is 0.666. The maximum Gasteiger partial charge on any atom is 0.214 e. The van der Waals surface area contributed by atoms with Gasteiger partial charge in [0, 0.05) is 24.6 Å². The fourth-order valence-electron chi connectivity index (χ4n) is 1.63. The van der Waals surface area contributed by atoms with Gasteiger partial charge in [-0.3, -0.25) is 0 Å². The van der Waals surface area contributed by atoms with Crippen LogP contribution in [0.3, 0.4) is 0 Å². The predicted octanol–water partition coefficient (Wildman–Crippen LogP) is 2.58. The zero-order valence-electron chi connectivity index (χ0n) is 9.79. The summed E-state index contributed by atoms with van der Waals surface area (Å²) in [7, 11) is 1.69. The summed E-state index contributed by atoms with van der Waals surface area (Å²) in [5.74, 6) is 0. The average Bonchev–Trinajstić information content (AvgIpc) is 3.03. The monoisotopic (exact) mass is 280 g/mol. The highest BCUT2D eigenvalue weighted by molar-refractivity contribution is 7.20. The highest BCUT2D eigenvalue weighted by atomic mass is 32.1. The van der Waals surface area contributed by atoms with Gasteiger partial charge in [-0.05, 0) is 11.4 Å². The zero-order chi connectivity index (χ0) is 12.4. The summed E-state index contributed by atoms with van der Waals surface area (Å²) in [6.07, 6.45) is 1.86. The van der Waals surface area contributed by atoms with Crippen LogP contribution in [0.15, 0.2) is 23.0 Å². The van der Waals surface area contributed by atoms with E-state index >= 15 is 0 Å². The van der Waals surface area contributed by atoms with E-state index in [4.69, 9.17) is 4.74 Å². The van der Waals surface area contributed by atoms with Gasteiger partial charge in [0.05, 0.1) is 18.5 Å². The maximum atomic E-state index is 5.00. The number of anilines is 1. The summed E-state index contributed by atoms with van der Waals surface area (Å²) < 4.78 is 6.87. The SMILES string of the molecule is COCCNc1nn2c(-c3ccsc3)cnc2s1. The second-order valence-corrected chi connectivity index (χ2v) is 5.41. The summed E-state index contributed by atoms with van der Waals surface area (Å²) in [6.45, 7) is 1.42. The van der Waals surface area contributed by atoms with Crippen LogP contribution in [0, 0.1) is 0 Å². The first kappa shape index (κ1) is 11.6. The van der Waals surface area contributed by atoms with Gasteiger partial charge >= 0.3 is 0 Å². The lowest BCUT2D eigenvalue weighted by molar-refractivity contribution is 0.210. The van der Waals surface area contributed by atoms with Crippen molar-refractivity contribution in [3.8, 4) is 11.3 Å². The third kappa shape index (κ3) is 2.12. The molecule has 3 aromatic rings. The first-order chi connectivity index (χ1) is 8.88. The Bertz CT molecular complexity index is 629. The first-order valence-electron chi connectivity index (χ1n) is 5.48. The lowest BCUT2D eigenvalue weighted by atomic mass is 10.3. The summed E-state index contributed by atoms with van der Waals surface area (Å²) in [6, 6.07) is 2.07. The molecule has 5 nitrogen and oxygen atoms in total. The van der Waals surface area contributed by atoms with Gasteiger partial charge in [0.1, 0.15) is 0 Å². The molecule has 0 amide bonds. The van der Waals surface area contributed by atoms with Crippen molar-refractivity contribution in [2.24, 2.45) is 0 Å². The molecular formula is C11H12N4OS2. The highest BCUT2D eigenvalue weighted by Gasteiger charge is 2.11. The molecular weight excluding hydrogens is 268 g/mol. The molecule has 0 aliphatic rings. The third-order valence-electron chi connectivity index (χ3n) is 2.48. The van der Waals surface area contributed by atoms with Crippen LogP contribution in [0.4, 0.5) is 5.13 Å². The van der Waals surface area contributed by atoms with Crippen LogP contribution in [0.25, 0.3) is 16.2 Å². The maximum absolute atomic E-state index is 5.00. The standard InChI is InChI=1S/C11H12N4OS2/c1-16-4-3-12-10-14-15-9(6-13-11(15)18-10)8-2-5-17-7-8/h2,5-7H,3-4H2,1H3,(H,12,14). The van der Waals surface area contributed by atoms with Crippen LogP contribution in [-0.4, -0.2) is 34.9 Å². The van der Waals surface area contributed by atoms with Gasteiger partial charge in [-0.2, -0.15) is 11.3 Å². The minimum absolute atomic E-state index is 0.666. The predicted molar refractivity (Wildman–Crippen MR) is 74.5 cm³/mol. The van der Waals surface area contributed by atoms with Gasteiger partial charge in [-0.25, -0.2) is 9.50 Å². The molecule has 94 valence electrons. The number of rotatable bonds is 5. The van der Waals surface area contributed by atoms with E-state index in [1.807, 2.05) is 10.7 Å². The number of nitrogens with zero attached hydrogens (tertiary/aromatic N) is 3. The van der Waals surface area contributed by atoms with Crippen molar-refractivity contribution in [2.45, 2.75) is 0 Å². The molecule has 0 radical (unpaired) electrons. The Kier molecular flexibility index (Phi) is 3.26. The van der Waals surface area contributed by atoms with Crippen LogP contribution in [0.5, 0.6) is 0 Å². The van der Waals surface area contributed by atoms with Crippen molar-refractivity contribution < 1.29 is 4.74 Å². The number of imidazole rings is 1.